The highest BCUT2D eigenvalue weighted by Crippen LogP contribution is 1.96. The Kier molecular flexibility index (Phi) is 6.55. The lowest BCUT2D eigenvalue weighted by Gasteiger charge is -2.03. The molecule has 0 aromatic carbocycles. The third-order valence-electron chi connectivity index (χ3n) is 1.34. The van der Waals surface area contributed by atoms with Gasteiger partial charge in [-0.15, -0.1) is 0 Å². The maximum Gasteiger partial charge on any atom is 0.0665 e. The van der Waals surface area contributed by atoms with E-state index >= 15 is 0 Å². The summed E-state index contributed by atoms with van der Waals surface area (Å²) in [5.74, 6) is 0. The van der Waals surface area contributed by atoms with Crippen molar-refractivity contribution >= 4 is 0 Å². The third-order valence-corrected chi connectivity index (χ3v) is 1.34. The van der Waals surface area contributed by atoms with Crippen LogP contribution in [0.3, 0.4) is 0 Å². The summed E-state index contributed by atoms with van der Waals surface area (Å²) in [7, 11) is 0. The van der Waals surface area contributed by atoms with E-state index in [1.807, 2.05) is 0 Å². The first-order valence-corrected chi connectivity index (χ1v) is 3.84. The molecule has 0 bridgehead atoms. The molecule has 0 aromatic rings. The van der Waals surface area contributed by atoms with Gasteiger partial charge >= 0.3 is 0 Å². The van der Waals surface area contributed by atoms with Gasteiger partial charge in [-0.3, -0.25) is 0 Å². The number of hydrogen-bond donors (Lipinski definition) is 2. The van der Waals surface area contributed by atoms with Crippen LogP contribution in [0.1, 0.15) is 26.2 Å². The van der Waals surface area contributed by atoms with Gasteiger partial charge in [-0.05, 0) is 19.3 Å². The zero-order chi connectivity index (χ0) is 7.82. The fourth-order valence-electron chi connectivity index (χ4n) is 0.691. The Hall–Kier alpha value is -0.340. The molecule has 0 amide bonds. The fraction of sp³-hybridized carbons (Fsp3) is 0.750. The summed E-state index contributed by atoms with van der Waals surface area (Å²) in [5, 5.41) is 9.00. The van der Waals surface area contributed by atoms with Crippen LogP contribution in [0.2, 0.25) is 0 Å². The van der Waals surface area contributed by atoms with Crippen LogP contribution in [0.4, 0.5) is 0 Å². The fourth-order valence-corrected chi connectivity index (χ4v) is 0.691. The van der Waals surface area contributed by atoms with Crippen LogP contribution in [0.5, 0.6) is 0 Å². The molecule has 0 fully saturated rings. The van der Waals surface area contributed by atoms with E-state index in [0.717, 1.165) is 19.3 Å². The van der Waals surface area contributed by atoms with E-state index in [0.29, 0.717) is 6.54 Å². The van der Waals surface area contributed by atoms with Crippen molar-refractivity contribution in [3.63, 3.8) is 0 Å². The van der Waals surface area contributed by atoms with E-state index in [2.05, 4.69) is 19.1 Å². The molecule has 10 heavy (non-hydrogen) atoms. The highest BCUT2D eigenvalue weighted by atomic mass is 16.3. The largest absolute Gasteiger partial charge is 0.392 e. The highest BCUT2D eigenvalue weighted by molar-refractivity contribution is 4.80. The first-order chi connectivity index (χ1) is 4.81. The summed E-state index contributed by atoms with van der Waals surface area (Å²) >= 11 is 0. The van der Waals surface area contributed by atoms with Crippen LogP contribution in [0.15, 0.2) is 12.2 Å². The van der Waals surface area contributed by atoms with Gasteiger partial charge in [0.1, 0.15) is 0 Å². The zero-order valence-electron chi connectivity index (χ0n) is 6.59. The lowest BCUT2D eigenvalue weighted by molar-refractivity contribution is 0.174. The van der Waals surface area contributed by atoms with Gasteiger partial charge in [-0.2, -0.15) is 0 Å². The number of aliphatic hydroxyl groups excluding tert-OH is 1. The van der Waals surface area contributed by atoms with E-state index in [-0.39, 0.29) is 6.10 Å². The molecular formula is C8H17NO. The molecule has 0 aliphatic rings. The molecule has 3 N–H and O–H groups in total. The minimum absolute atomic E-state index is 0.318. The highest BCUT2D eigenvalue weighted by Gasteiger charge is 1.96. The van der Waals surface area contributed by atoms with Crippen LogP contribution >= 0.6 is 0 Å². The average molecular weight is 143 g/mol. The van der Waals surface area contributed by atoms with Crippen molar-refractivity contribution < 1.29 is 5.11 Å². The molecule has 0 aliphatic heterocycles. The van der Waals surface area contributed by atoms with Gasteiger partial charge in [-0.25, -0.2) is 0 Å². The number of aliphatic hydroxyl groups is 1. The maximum absolute atomic E-state index is 9.00. The van der Waals surface area contributed by atoms with Crippen molar-refractivity contribution in [3.05, 3.63) is 12.2 Å². The summed E-state index contributed by atoms with van der Waals surface area (Å²) in [4.78, 5) is 0. The van der Waals surface area contributed by atoms with Gasteiger partial charge in [-0.1, -0.05) is 19.1 Å². The molecule has 2 nitrogen and oxygen atoms in total. The monoisotopic (exact) mass is 143 g/mol. The smallest absolute Gasteiger partial charge is 0.0665 e. The molecule has 0 aromatic heterocycles. The van der Waals surface area contributed by atoms with Crippen LogP contribution < -0.4 is 5.73 Å². The zero-order valence-corrected chi connectivity index (χ0v) is 6.59. The predicted molar refractivity (Wildman–Crippen MR) is 43.7 cm³/mol. The number of hydrogen-bond acceptors (Lipinski definition) is 2. The first kappa shape index (κ1) is 9.66. The van der Waals surface area contributed by atoms with E-state index < -0.39 is 0 Å². The Morgan fingerprint density at radius 1 is 1.50 bits per heavy atom. The Morgan fingerprint density at radius 2 is 2.20 bits per heavy atom. The van der Waals surface area contributed by atoms with Gasteiger partial charge < -0.3 is 10.8 Å². The van der Waals surface area contributed by atoms with Crippen LogP contribution in [-0.2, 0) is 0 Å². The van der Waals surface area contributed by atoms with Crippen molar-refractivity contribution in [2.75, 3.05) is 6.54 Å². The number of allylic oxidation sites excluding steroid dienone is 2. The summed E-state index contributed by atoms with van der Waals surface area (Å²) in [6.45, 7) is 2.47. The van der Waals surface area contributed by atoms with E-state index in [1.54, 1.807) is 0 Å². The topological polar surface area (TPSA) is 46.2 Å². The van der Waals surface area contributed by atoms with Gasteiger partial charge in [0.25, 0.3) is 0 Å². The minimum Gasteiger partial charge on any atom is -0.392 e. The second-order valence-electron chi connectivity index (χ2n) is 2.35. The first-order valence-electron chi connectivity index (χ1n) is 3.84. The standard InChI is InChI=1S/C8H17NO/c1-2-3-4-5-6-8(10)7-9/h3-4,8,10H,2,5-7,9H2,1H3. The molecule has 2 heteroatoms. The third kappa shape index (κ3) is 5.79. The number of nitrogens with two attached hydrogens (primary N) is 1. The second-order valence-corrected chi connectivity index (χ2v) is 2.35. The van der Waals surface area contributed by atoms with E-state index in [4.69, 9.17) is 10.8 Å². The van der Waals surface area contributed by atoms with Gasteiger partial charge in [0.05, 0.1) is 6.10 Å². The lowest BCUT2D eigenvalue weighted by atomic mass is 10.2. The Morgan fingerprint density at radius 3 is 2.70 bits per heavy atom. The predicted octanol–water partition coefficient (Wildman–Crippen LogP) is 1.05. The van der Waals surface area contributed by atoms with Crippen molar-refractivity contribution in [3.8, 4) is 0 Å². The minimum atomic E-state index is -0.318. The molecular weight excluding hydrogens is 126 g/mol. The molecule has 0 radical (unpaired) electrons. The van der Waals surface area contributed by atoms with Gasteiger partial charge in [0.15, 0.2) is 0 Å². The van der Waals surface area contributed by atoms with Gasteiger partial charge in [0.2, 0.25) is 0 Å². The Balaban J connectivity index is 3.10. The second kappa shape index (κ2) is 6.78. The molecule has 60 valence electrons. The molecule has 0 heterocycles. The molecule has 0 rings (SSSR count). The van der Waals surface area contributed by atoms with Gasteiger partial charge in [0, 0.05) is 6.54 Å². The number of rotatable bonds is 5. The van der Waals surface area contributed by atoms with Crippen LogP contribution in [0.25, 0.3) is 0 Å². The summed E-state index contributed by atoms with van der Waals surface area (Å²) in [6.07, 6.45) is 6.65. The molecule has 1 atom stereocenters. The Bertz CT molecular complexity index is 91.3. The molecule has 0 saturated heterocycles. The quantitative estimate of drug-likeness (QED) is 0.565. The molecule has 0 saturated carbocycles. The molecule has 0 aliphatic carbocycles. The van der Waals surface area contributed by atoms with Crippen molar-refractivity contribution in [2.24, 2.45) is 5.73 Å². The maximum atomic E-state index is 9.00. The van der Waals surface area contributed by atoms with Crippen LogP contribution in [0, 0.1) is 0 Å². The van der Waals surface area contributed by atoms with Crippen molar-refractivity contribution in [2.45, 2.75) is 32.3 Å². The molecule has 0 spiro atoms. The van der Waals surface area contributed by atoms with Crippen molar-refractivity contribution in [1.82, 2.24) is 0 Å². The average Bonchev–Trinajstić information content (AvgIpc) is 1.98. The normalized spacial score (nSPS) is 14.3. The molecule has 1 unspecified atom stereocenters. The summed E-state index contributed by atoms with van der Waals surface area (Å²) in [6, 6.07) is 0. The van der Waals surface area contributed by atoms with Crippen molar-refractivity contribution in [1.29, 1.82) is 0 Å². The van der Waals surface area contributed by atoms with E-state index in [9.17, 15) is 0 Å². The van der Waals surface area contributed by atoms with E-state index in [1.165, 1.54) is 0 Å². The Labute approximate surface area is 62.7 Å². The lowest BCUT2D eigenvalue weighted by Crippen LogP contribution is -2.18. The summed E-state index contributed by atoms with van der Waals surface area (Å²) in [5.41, 5.74) is 5.21. The summed E-state index contributed by atoms with van der Waals surface area (Å²) < 4.78 is 0. The SMILES string of the molecule is CCC=CCCC(O)CN. The van der Waals surface area contributed by atoms with Crippen LogP contribution in [-0.4, -0.2) is 17.8 Å².